The van der Waals surface area contributed by atoms with Gasteiger partial charge in [0.2, 0.25) is 0 Å². The molecule has 3 rings (SSSR count). The normalized spacial score (nSPS) is 10.5. The molecule has 3 aromatic carbocycles. The SMILES string of the molecule is Cc1ccccc1COc1ccc(Br)cc1CNc1ccc(C(=O)O)cc1C. The maximum Gasteiger partial charge on any atom is 0.335 e. The van der Waals surface area contributed by atoms with Gasteiger partial charge in [-0.15, -0.1) is 0 Å². The minimum Gasteiger partial charge on any atom is -0.489 e. The Morgan fingerprint density at radius 3 is 2.50 bits per heavy atom. The molecule has 0 spiro atoms. The van der Waals surface area contributed by atoms with E-state index in [0.29, 0.717) is 13.2 Å². The number of carboxylic acids is 1. The first-order valence-corrected chi connectivity index (χ1v) is 9.77. The molecular weight excluding hydrogens is 418 g/mol. The van der Waals surface area contributed by atoms with Gasteiger partial charge >= 0.3 is 5.97 Å². The number of hydrogen-bond donors (Lipinski definition) is 2. The molecule has 28 heavy (non-hydrogen) atoms. The van der Waals surface area contributed by atoms with Crippen LogP contribution in [0.25, 0.3) is 0 Å². The van der Waals surface area contributed by atoms with E-state index in [9.17, 15) is 4.79 Å². The lowest BCUT2D eigenvalue weighted by Gasteiger charge is -2.15. The monoisotopic (exact) mass is 439 g/mol. The van der Waals surface area contributed by atoms with Crippen LogP contribution in [0.4, 0.5) is 5.69 Å². The number of rotatable bonds is 7. The van der Waals surface area contributed by atoms with E-state index in [-0.39, 0.29) is 5.56 Å². The zero-order valence-electron chi connectivity index (χ0n) is 15.8. The Labute approximate surface area is 173 Å². The molecule has 0 bridgehead atoms. The summed E-state index contributed by atoms with van der Waals surface area (Å²) in [5.74, 6) is -0.104. The predicted octanol–water partition coefficient (Wildman–Crippen LogP) is 5.96. The summed E-state index contributed by atoms with van der Waals surface area (Å²) < 4.78 is 7.07. The number of carboxylic acid groups (broad SMARTS) is 1. The minimum atomic E-state index is -0.923. The Hall–Kier alpha value is -2.79. The maximum absolute atomic E-state index is 11.1. The van der Waals surface area contributed by atoms with E-state index in [0.717, 1.165) is 32.6 Å². The van der Waals surface area contributed by atoms with E-state index in [4.69, 9.17) is 9.84 Å². The largest absolute Gasteiger partial charge is 0.489 e. The lowest BCUT2D eigenvalue weighted by atomic mass is 10.1. The predicted molar refractivity (Wildman–Crippen MR) is 115 cm³/mol. The fraction of sp³-hybridized carbons (Fsp3) is 0.174. The zero-order valence-corrected chi connectivity index (χ0v) is 17.4. The molecule has 3 aromatic rings. The van der Waals surface area contributed by atoms with Gasteiger partial charge in [-0.1, -0.05) is 40.2 Å². The van der Waals surface area contributed by atoms with Gasteiger partial charge in [0.1, 0.15) is 12.4 Å². The van der Waals surface area contributed by atoms with Crippen LogP contribution in [0.5, 0.6) is 5.75 Å². The third kappa shape index (κ3) is 4.93. The van der Waals surface area contributed by atoms with Crippen LogP contribution in [0.2, 0.25) is 0 Å². The van der Waals surface area contributed by atoms with Crippen molar-refractivity contribution in [2.45, 2.75) is 27.0 Å². The quantitative estimate of drug-likeness (QED) is 0.476. The van der Waals surface area contributed by atoms with Crippen LogP contribution >= 0.6 is 15.9 Å². The van der Waals surface area contributed by atoms with Crippen molar-refractivity contribution in [3.05, 3.63) is 93.0 Å². The minimum absolute atomic E-state index is 0.285. The molecule has 0 heterocycles. The van der Waals surface area contributed by atoms with Crippen molar-refractivity contribution in [1.29, 1.82) is 0 Å². The fourth-order valence-corrected chi connectivity index (χ4v) is 3.35. The molecule has 0 aliphatic carbocycles. The van der Waals surface area contributed by atoms with E-state index in [1.54, 1.807) is 18.2 Å². The summed E-state index contributed by atoms with van der Waals surface area (Å²) in [4.78, 5) is 11.1. The van der Waals surface area contributed by atoms with Crippen LogP contribution in [0.3, 0.4) is 0 Å². The highest BCUT2D eigenvalue weighted by Crippen LogP contribution is 2.26. The first-order chi connectivity index (χ1) is 13.4. The summed E-state index contributed by atoms with van der Waals surface area (Å²) in [6.45, 7) is 5.04. The van der Waals surface area contributed by atoms with Crippen LogP contribution in [-0.2, 0) is 13.2 Å². The van der Waals surface area contributed by atoms with Crippen LogP contribution < -0.4 is 10.1 Å². The number of aromatic carboxylic acids is 1. The average Bonchev–Trinajstić information content (AvgIpc) is 2.67. The van der Waals surface area contributed by atoms with Crippen LogP contribution in [-0.4, -0.2) is 11.1 Å². The Morgan fingerprint density at radius 2 is 1.79 bits per heavy atom. The summed E-state index contributed by atoms with van der Waals surface area (Å²) in [6, 6.07) is 19.2. The maximum atomic E-state index is 11.1. The van der Waals surface area contributed by atoms with E-state index in [1.165, 1.54) is 5.56 Å². The van der Waals surface area contributed by atoms with E-state index in [1.807, 2.05) is 37.3 Å². The van der Waals surface area contributed by atoms with Gasteiger partial charge in [0.25, 0.3) is 0 Å². The first kappa shape index (κ1) is 20.0. The number of ether oxygens (including phenoxy) is 1. The number of hydrogen-bond acceptors (Lipinski definition) is 3. The van der Waals surface area contributed by atoms with Gasteiger partial charge < -0.3 is 15.2 Å². The van der Waals surface area contributed by atoms with E-state index < -0.39 is 5.97 Å². The Kier molecular flexibility index (Phi) is 6.37. The van der Waals surface area contributed by atoms with Gasteiger partial charge in [-0.2, -0.15) is 0 Å². The lowest BCUT2D eigenvalue weighted by Crippen LogP contribution is -2.06. The van der Waals surface area contributed by atoms with Gasteiger partial charge in [-0.25, -0.2) is 4.79 Å². The van der Waals surface area contributed by atoms with Crippen molar-refractivity contribution in [1.82, 2.24) is 0 Å². The topological polar surface area (TPSA) is 58.6 Å². The summed E-state index contributed by atoms with van der Waals surface area (Å²) in [5.41, 5.74) is 5.45. The number of halogens is 1. The highest BCUT2D eigenvalue weighted by atomic mass is 79.9. The molecule has 0 aliphatic heterocycles. The second-order valence-electron chi connectivity index (χ2n) is 6.66. The number of nitrogens with one attached hydrogen (secondary N) is 1. The van der Waals surface area contributed by atoms with E-state index in [2.05, 4.69) is 40.3 Å². The van der Waals surface area contributed by atoms with E-state index >= 15 is 0 Å². The molecule has 2 N–H and O–H groups in total. The molecule has 144 valence electrons. The lowest BCUT2D eigenvalue weighted by molar-refractivity contribution is 0.0697. The molecule has 0 aromatic heterocycles. The van der Waals surface area contributed by atoms with Crippen molar-refractivity contribution in [2.24, 2.45) is 0 Å². The van der Waals surface area contributed by atoms with Crippen LogP contribution in [0.15, 0.2) is 65.1 Å². The van der Waals surface area contributed by atoms with Gasteiger partial charge in [0.05, 0.1) is 5.56 Å². The molecule has 4 nitrogen and oxygen atoms in total. The van der Waals surface area contributed by atoms with Gasteiger partial charge in [0.15, 0.2) is 0 Å². The van der Waals surface area contributed by atoms with Gasteiger partial charge in [-0.3, -0.25) is 0 Å². The summed E-state index contributed by atoms with van der Waals surface area (Å²) in [6.07, 6.45) is 0. The first-order valence-electron chi connectivity index (χ1n) is 8.97. The summed E-state index contributed by atoms with van der Waals surface area (Å²) in [5, 5.41) is 12.5. The smallest absolute Gasteiger partial charge is 0.335 e. The van der Waals surface area contributed by atoms with Crippen molar-refractivity contribution < 1.29 is 14.6 Å². The highest BCUT2D eigenvalue weighted by Gasteiger charge is 2.09. The number of carbonyl (C=O) groups is 1. The fourth-order valence-electron chi connectivity index (χ4n) is 2.94. The summed E-state index contributed by atoms with van der Waals surface area (Å²) in [7, 11) is 0. The molecule has 0 saturated heterocycles. The van der Waals surface area contributed by atoms with Gasteiger partial charge in [0, 0.05) is 22.3 Å². The van der Waals surface area contributed by atoms with Crippen molar-refractivity contribution >= 4 is 27.6 Å². The number of anilines is 1. The highest BCUT2D eigenvalue weighted by molar-refractivity contribution is 9.10. The Bertz CT molecular complexity index is 1000. The Morgan fingerprint density at radius 1 is 1.00 bits per heavy atom. The molecule has 0 unspecified atom stereocenters. The second-order valence-corrected chi connectivity index (χ2v) is 7.57. The molecule has 0 fully saturated rings. The second kappa shape index (κ2) is 8.93. The third-order valence-electron chi connectivity index (χ3n) is 4.61. The third-order valence-corrected chi connectivity index (χ3v) is 5.10. The van der Waals surface area contributed by atoms with Gasteiger partial charge in [-0.05, 0) is 66.9 Å². The van der Waals surface area contributed by atoms with Crippen molar-refractivity contribution in [3.63, 3.8) is 0 Å². The average molecular weight is 440 g/mol. The van der Waals surface area contributed by atoms with Crippen LogP contribution in [0, 0.1) is 13.8 Å². The van der Waals surface area contributed by atoms with Crippen molar-refractivity contribution in [2.75, 3.05) is 5.32 Å². The molecule has 0 radical (unpaired) electrons. The summed E-state index contributed by atoms with van der Waals surface area (Å²) >= 11 is 3.52. The molecule has 5 heteroatoms. The molecule has 0 atom stereocenters. The standard InChI is InChI=1S/C23H22BrNO3/c1-15-5-3-4-6-18(15)14-28-22-10-8-20(24)12-19(22)13-25-21-9-7-17(23(26)27)11-16(21)2/h3-12,25H,13-14H2,1-2H3,(H,26,27). The molecular formula is C23H22BrNO3. The zero-order chi connectivity index (χ0) is 20.1. The molecule has 0 amide bonds. The molecule has 0 saturated carbocycles. The Balaban J connectivity index is 1.74. The molecule has 0 aliphatic rings. The van der Waals surface area contributed by atoms with Crippen molar-refractivity contribution in [3.8, 4) is 5.75 Å². The number of aryl methyl sites for hydroxylation is 2. The van der Waals surface area contributed by atoms with Crippen LogP contribution in [0.1, 0.15) is 32.6 Å². The number of benzene rings is 3.